The summed E-state index contributed by atoms with van der Waals surface area (Å²) in [5.41, 5.74) is 8.15. The number of alkyl halides is 1. The number of carbonyl (C=O) groups is 1. The monoisotopic (exact) mass is 576 g/mol. The highest BCUT2D eigenvalue weighted by Gasteiger charge is 2.47. The van der Waals surface area contributed by atoms with Gasteiger partial charge >= 0.3 is 6.03 Å². The van der Waals surface area contributed by atoms with Crippen molar-refractivity contribution in [1.82, 2.24) is 14.7 Å². The van der Waals surface area contributed by atoms with E-state index in [2.05, 4.69) is 0 Å². The third kappa shape index (κ3) is 6.25. The zero-order valence-corrected chi connectivity index (χ0v) is 24.2. The molecule has 222 valence electrons. The molecule has 42 heavy (non-hydrogen) atoms. The quantitative estimate of drug-likeness (QED) is 0.348. The Morgan fingerprint density at radius 3 is 2.48 bits per heavy atom. The molecule has 1 saturated heterocycles. The van der Waals surface area contributed by atoms with E-state index in [1.54, 1.807) is 16.8 Å². The van der Waals surface area contributed by atoms with Crippen molar-refractivity contribution < 1.29 is 18.0 Å². The Morgan fingerprint density at radius 2 is 1.76 bits per heavy atom. The van der Waals surface area contributed by atoms with Crippen molar-refractivity contribution in [3.63, 3.8) is 0 Å². The van der Waals surface area contributed by atoms with E-state index in [0.717, 1.165) is 23.3 Å². The van der Waals surface area contributed by atoms with E-state index >= 15 is 4.39 Å². The van der Waals surface area contributed by atoms with E-state index < -0.39 is 23.3 Å². The zero-order chi connectivity index (χ0) is 29.9. The van der Waals surface area contributed by atoms with Crippen molar-refractivity contribution in [1.29, 1.82) is 0 Å². The van der Waals surface area contributed by atoms with Gasteiger partial charge < -0.3 is 20.4 Å². The molecule has 2 amide bonds. The lowest BCUT2D eigenvalue weighted by Crippen LogP contribution is -2.53. The van der Waals surface area contributed by atoms with Crippen molar-refractivity contribution in [2.75, 3.05) is 33.7 Å². The number of rotatable bonds is 7. The third-order valence-corrected chi connectivity index (χ3v) is 8.80. The van der Waals surface area contributed by atoms with Gasteiger partial charge in [0.15, 0.2) is 0 Å². The molecule has 1 fully saturated rings. The summed E-state index contributed by atoms with van der Waals surface area (Å²) >= 11 is 0. The van der Waals surface area contributed by atoms with Crippen LogP contribution in [0.3, 0.4) is 0 Å². The number of carbonyl (C=O) groups excluding carboxylic acids is 1. The SMILES string of the molecule is CN1CCC(N(C)C(=O)N2CC(c3cc(F)ccc3F)=C[C@@]2(CCC(N)c2ccccc2)c2ccccc2)CC(F)C1. The number of hydrogen-bond acceptors (Lipinski definition) is 3. The predicted molar refractivity (Wildman–Crippen MR) is 160 cm³/mol. The molecule has 2 N–H and O–H groups in total. The standard InChI is InChI=1S/C34H39F3N4O/c1-39-18-16-29(19-28(36)23-39)40(2)33(42)41-22-25(30-20-27(35)13-14-31(30)37)21-34(41,26-11-7-4-8-12-26)17-15-32(38)24-9-5-3-6-10-24/h3-14,20-21,28-29,32H,15-19,22-23,38H2,1-2H3/t28?,29?,32?,34-/m0/s1. The minimum Gasteiger partial charge on any atom is -0.325 e. The molecule has 3 unspecified atom stereocenters. The highest BCUT2D eigenvalue weighted by atomic mass is 19.1. The molecule has 0 bridgehead atoms. The molecule has 2 aliphatic heterocycles. The first-order chi connectivity index (χ1) is 20.2. The maximum absolute atomic E-state index is 15.1. The van der Waals surface area contributed by atoms with Crippen LogP contribution in [0.15, 0.2) is 84.9 Å². The van der Waals surface area contributed by atoms with Gasteiger partial charge in [0, 0.05) is 44.2 Å². The van der Waals surface area contributed by atoms with Crippen LogP contribution < -0.4 is 5.73 Å². The lowest BCUT2D eigenvalue weighted by atomic mass is 9.82. The van der Waals surface area contributed by atoms with Gasteiger partial charge in [0.1, 0.15) is 17.8 Å². The van der Waals surface area contributed by atoms with E-state index in [1.807, 2.05) is 78.7 Å². The molecule has 5 rings (SSSR count). The number of nitrogens with zero attached hydrogens (tertiary/aromatic N) is 3. The first-order valence-corrected chi connectivity index (χ1v) is 14.6. The first kappa shape index (κ1) is 29.9. The Bertz CT molecular complexity index is 1400. The minimum atomic E-state index is -1.05. The van der Waals surface area contributed by atoms with Crippen molar-refractivity contribution >= 4 is 11.6 Å². The molecule has 2 aliphatic rings. The lowest BCUT2D eigenvalue weighted by molar-refractivity contribution is 0.103. The second-order valence-corrected chi connectivity index (χ2v) is 11.7. The largest absolute Gasteiger partial charge is 0.325 e. The van der Waals surface area contributed by atoms with Crippen LogP contribution >= 0.6 is 0 Å². The van der Waals surface area contributed by atoms with Crippen molar-refractivity contribution in [3.05, 3.63) is 113 Å². The molecule has 4 atom stereocenters. The number of nitrogens with two attached hydrogens (primary N) is 1. The lowest BCUT2D eigenvalue weighted by Gasteiger charge is -2.42. The van der Waals surface area contributed by atoms with Crippen LogP contribution in [0.5, 0.6) is 0 Å². The van der Waals surface area contributed by atoms with Crippen LogP contribution in [-0.4, -0.2) is 66.7 Å². The maximum Gasteiger partial charge on any atom is 0.321 e. The number of hydrogen-bond donors (Lipinski definition) is 1. The summed E-state index contributed by atoms with van der Waals surface area (Å²) < 4.78 is 44.3. The molecular formula is C34H39F3N4O. The fraction of sp³-hybridized carbons (Fsp3) is 0.382. The molecule has 0 radical (unpaired) electrons. The molecule has 8 heteroatoms. The molecule has 0 aliphatic carbocycles. The zero-order valence-electron chi connectivity index (χ0n) is 24.2. The van der Waals surface area contributed by atoms with Gasteiger partial charge in [0.2, 0.25) is 0 Å². The number of amides is 2. The summed E-state index contributed by atoms with van der Waals surface area (Å²) in [5, 5.41) is 0. The summed E-state index contributed by atoms with van der Waals surface area (Å²) in [6.07, 6.45) is 2.73. The Balaban J connectivity index is 1.57. The Kier molecular flexibility index (Phi) is 9.04. The molecule has 2 heterocycles. The van der Waals surface area contributed by atoms with E-state index in [4.69, 9.17) is 5.73 Å². The van der Waals surface area contributed by atoms with Gasteiger partial charge in [0.05, 0.1) is 5.54 Å². The Morgan fingerprint density at radius 1 is 1.07 bits per heavy atom. The van der Waals surface area contributed by atoms with Crippen LogP contribution in [0.1, 0.15) is 48.4 Å². The predicted octanol–water partition coefficient (Wildman–Crippen LogP) is 6.52. The molecule has 0 saturated carbocycles. The average Bonchev–Trinajstić information content (AvgIpc) is 3.30. The highest BCUT2D eigenvalue weighted by molar-refractivity contribution is 5.83. The van der Waals surface area contributed by atoms with Gasteiger partial charge in [-0.25, -0.2) is 18.0 Å². The third-order valence-electron chi connectivity index (χ3n) is 8.80. The first-order valence-electron chi connectivity index (χ1n) is 14.6. The second kappa shape index (κ2) is 12.7. The number of likely N-dealkylation sites (tertiary alicyclic amines) is 1. The van der Waals surface area contributed by atoms with Crippen LogP contribution in [0.25, 0.3) is 5.57 Å². The number of urea groups is 1. The van der Waals surface area contributed by atoms with Gasteiger partial charge in [-0.2, -0.15) is 0 Å². The van der Waals surface area contributed by atoms with Crippen molar-refractivity contribution in [3.8, 4) is 0 Å². The van der Waals surface area contributed by atoms with Gasteiger partial charge in [-0.3, -0.25) is 0 Å². The second-order valence-electron chi connectivity index (χ2n) is 11.7. The highest BCUT2D eigenvalue weighted by Crippen LogP contribution is 2.45. The van der Waals surface area contributed by atoms with Gasteiger partial charge in [-0.15, -0.1) is 0 Å². The van der Waals surface area contributed by atoms with E-state index in [1.165, 1.54) is 6.07 Å². The molecule has 0 spiro atoms. The number of benzene rings is 3. The molecule has 5 nitrogen and oxygen atoms in total. The summed E-state index contributed by atoms with van der Waals surface area (Å²) in [7, 11) is 3.61. The van der Waals surface area contributed by atoms with Crippen LogP contribution in [0.4, 0.5) is 18.0 Å². The molecular weight excluding hydrogens is 537 g/mol. The smallest absolute Gasteiger partial charge is 0.321 e. The van der Waals surface area contributed by atoms with Crippen LogP contribution in [0.2, 0.25) is 0 Å². The van der Waals surface area contributed by atoms with Crippen molar-refractivity contribution in [2.24, 2.45) is 5.73 Å². The Hall–Kier alpha value is -3.62. The summed E-state index contributed by atoms with van der Waals surface area (Å²) in [6.45, 7) is 1.08. The van der Waals surface area contributed by atoms with Crippen LogP contribution in [-0.2, 0) is 5.54 Å². The summed E-state index contributed by atoms with van der Waals surface area (Å²) in [5.74, 6) is -1.11. The van der Waals surface area contributed by atoms with Gasteiger partial charge in [-0.1, -0.05) is 60.7 Å². The fourth-order valence-electron chi connectivity index (χ4n) is 6.41. The topological polar surface area (TPSA) is 52.8 Å². The number of halogens is 3. The fourth-order valence-corrected chi connectivity index (χ4v) is 6.41. The molecule has 3 aromatic carbocycles. The van der Waals surface area contributed by atoms with E-state index in [9.17, 15) is 13.6 Å². The summed E-state index contributed by atoms with van der Waals surface area (Å²) in [6, 6.07) is 21.9. The summed E-state index contributed by atoms with van der Waals surface area (Å²) in [4.78, 5) is 19.8. The van der Waals surface area contributed by atoms with E-state index in [0.29, 0.717) is 37.9 Å². The van der Waals surface area contributed by atoms with Crippen LogP contribution in [0, 0.1) is 11.6 Å². The van der Waals surface area contributed by atoms with E-state index in [-0.39, 0.29) is 36.6 Å². The minimum absolute atomic E-state index is 0.0741. The molecule has 3 aromatic rings. The van der Waals surface area contributed by atoms with Gasteiger partial charge in [0.25, 0.3) is 0 Å². The normalized spacial score (nSPS) is 23.8. The average molecular weight is 577 g/mol. The molecule has 0 aromatic heterocycles. The van der Waals surface area contributed by atoms with Crippen molar-refractivity contribution in [2.45, 2.75) is 49.5 Å². The maximum atomic E-state index is 15.1. The Labute approximate surface area is 246 Å². The van der Waals surface area contributed by atoms with Gasteiger partial charge in [-0.05, 0) is 73.8 Å².